The van der Waals surface area contributed by atoms with Gasteiger partial charge < -0.3 is 9.13 Å². The first-order chi connectivity index (χ1) is 29.9. The fourth-order valence-electron chi connectivity index (χ4n) is 8.56. The number of fused-ring (bicyclic) bond motifs is 6. The third-order valence-electron chi connectivity index (χ3n) is 11.4. The molecule has 0 N–H and O–H groups in total. The maximum Gasteiger partial charge on any atom is 0.418 e. The Balaban J connectivity index is 1.18. The van der Waals surface area contributed by atoms with Crippen LogP contribution in [0.2, 0.25) is 0 Å². The monoisotopic (exact) mass is 822 g/mol. The molecule has 10 aromatic rings. The number of rotatable bonds is 5. The van der Waals surface area contributed by atoms with Gasteiger partial charge in [0.25, 0.3) is 0 Å². The van der Waals surface area contributed by atoms with E-state index in [1.807, 2.05) is 72.8 Å². The summed E-state index contributed by atoms with van der Waals surface area (Å²) < 4.78 is 93.4. The highest BCUT2D eigenvalue weighted by molar-refractivity contribution is 6.12. The van der Waals surface area contributed by atoms with Crippen LogP contribution < -0.4 is 0 Å². The molecular weight excluding hydrogens is 795 g/mol. The lowest BCUT2D eigenvalue weighted by atomic mass is 9.98. The number of para-hydroxylation sites is 2. The van der Waals surface area contributed by atoms with E-state index in [9.17, 15) is 5.26 Å². The van der Waals surface area contributed by atoms with Crippen LogP contribution in [0.5, 0.6) is 0 Å². The molecule has 0 fully saturated rings. The van der Waals surface area contributed by atoms with E-state index in [0.29, 0.717) is 54.9 Å². The van der Waals surface area contributed by atoms with Crippen LogP contribution in [0, 0.1) is 17.9 Å². The second-order valence-corrected chi connectivity index (χ2v) is 15.0. The summed E-state index contributed by atoms with van der Waals surface area (Å²) in [7, 11) is 0. The maximum atomic E-state index is 15.0. The van der Waals surface area contributed by atoms with E-state index in [1.54, 1.807) is 69.8 Å². The zero-order chi connectivity index (χ0) is 42.9. The predicted molar refractivity (Wildman–Crippen MR) is 232 cm³/mol. The van der Waals surface area contributed by atoms with Gasteiger partial charge in [0.15, 0.2) is 5.69 Å². The van der Waals surface area contributed by atoms with Gasteiger partial charge in [0.1, 0.15) is 0 Å². The number of nitrogens with zero attached hydrogens (tertiary/aromatic N) is 4. The van der Waals surface area contributed by atoms with Gasteiger partial charge in [-0.3, -0.25) is 0 Å². The van der Waals surface area contributed by atoms with Gasteiger partial charge in [0.05, 0.1) is 62.8 Å². The van der Waals surface area contributed by atoms with Crippen LogP contribution in [0.15, 0.2) is 170 Å². The van der Waals surface area contributed by atoms with E-state index in [1.165, 1.54) is 24.3 Å². The molecular formula is C52H28F6N4. The molecule has 0 bridgehead atoms. The van der Waals surface area contributed by atoms with E-state index >= 15 is 26.3 Å². The van der Waals surface area contributed by atoms with Crippen LogP contribution >= 0.6 is 0 Å². The lowest BCUT2D eigenvalue weighted by Crippen LogP contribution is -2.12. The molecule has 0 saturated heterocycles. The van der Waals surface area contributed by atoms with Gasteiger partial charge in [-0.25, -0.2) is 4.85 Å². The average molecular weight is 823 g/mol. The summed E-state index contributed by atoms with van der Waals surface area (Å²) in [6, 6.07) is 48.9. The van der Waals surface area contributed by atoms with E-state index in [0.717, 1.165) is 34.4 Å². The van der Waals surface area contributed by atoms with Gasteiger partial charge >= 0.3 is 12.4 Å². The number of hydrogen-bond acceptors (Lipinski definition) is 1. The first kappa shape index (κ1) is 38.1. The van der Waals surface area contributed by atoms with Crippen molar-refractivity contribution in [2.75, 3.05) is 0 Å². The number of aromatic nitrogens is 2. The fraction of sp³-hybridized carbons (Fsp3) is 0.0385. The molecule has 8 aromatic carbocycles. The Morgan fingerprint density at radius 1 is 0.419 bits per heavy atom. The van der Waals surface area contributed by atoms with Gasteiger partial charge in [-0.2, -0.15) is 31.6 Å². The van der Waals surface area contributed by atoms with Crippen LogP contribution in [0.25, 0.3) is 93.2 Å². The second kappa shape index (κ2) is 14.3. The summed E-state index contributed by atoms with van der Waals surface area (Å²) in [5, 5.41) is 12.1. The van der Waals surface area contributed by atoms with E-state index in [-0.39, 0.29) is 22.5 Å². The molecule has 62 heavy (non-hydrogen) atoms. The molecule has 0 saturated carbocycles. The van der Waals surface area contributed by atoms with Gasteiger partial charge in [-0.15, -0.1) is 0 Å². The molecule has 0 aliphatic heterocycles. The standard InChI is InChI=1S/C52H28F6N4/c1-60-38-20-14-33(15-21-38)35-19-25-48-42(27-35)40-7-3-5-9-46(40)62(48)50-29-37(17-23-44(50)52(56,57)58)36-16-22-43(51(53,54)55)49(28-36)61-45-8-4-2-6-39(45)41-26-34(18-24-47(41)61)32-12-10-31(30-59)11-13-32/h2-29H. The van der Waals surface area contributed by atoms with Crippen molar-refractivity contribution in [1.82, 2.24) is 9.13 Å². The number of halogens is 6. The Morgan fingerprint density at radius 2 is 0.790 bits per heavy atom. The van der Waals surface area contributed by atoms with Crippen LogP contribution in [0.1, 0.15) is 16.7 Å². The molecule has 298 valence electrons. The first-order valence-corrected chi connectivity index (χ1v) is 19.4. The molecule has 0 aliphatic rings. The van der Waals surface area contributed by atoms with E-state index in [4.69, 9.17) is 6.57 Å². The van der Waals surface area contributed by atoms with Crippen molar-refractivity contribution < 1.29 is 26.3 Å². The van der Waals surface area contributed by atoms with Crippen LogP contribution in [-0.4, -0.2) is 9.13 Å². The maximum absolute atomic E-state index is 15.0. The molecule has 10 heteroatoms. The number of alkyl halides is 6. The van der Waals surface area contributed by atoms with Gasteiger partial charge in [0, 0.05) is 21.5 Å². The molecule has 2 aromatic heterocycles. The third kappa shape index (κ3) is 6.32. The number of hydrogen-bond donors (Lipinski definition) is 0. The molecule has 10 rings (SSSR count). The second-order valence-electron chi connectivity index (χ2n) is 15.0. The number of nitriles is 1. The number of benzene rings is 8. The highest BCUT2D eigenvalue weighted by atomic mass is 19.4. The highest BCUT2D eigenvalue weighted by Crippen LogP contribution is 2.44. The Kier molecular flexibility index (Phi) is 8.79. The zero-order valence-electron chi connectivity index (χ0n) is 32.2. The van der Waals surface area contributed by atoms with Crippen LogP contribution in [0.3, 0.4) is 0 Å². The van der Waals surface area contributed by atoms with Crippen molar-refractivity contribution >= 4 is 49.3 Å². The molecule has 4 nitrogen and oxygen atoms in total. The Bertz CT molecular complexity index is 3270. The molecule has 0 aliphatic carbocycles. The first-order valence-electron chi connectivity index (χ1n) is 19.4. The minimum Gasteiger partial charge on any atom is -0.309 e. The summed E-state index contributed by atoms with van der Waals surface area (Å²) in [6.07, 6.45) is -9.55. The lowest BCUT2D eigenvalue weighted by Gasteiger charge is -2.20. The summed E-state index contributed by atoms with van der Waals surface area (Å²) in [5.74, 6) is 0. The SMILES string of the molecule is [C-]#[N+]c1ccc(-c2ccc3c(c2)c2ccccc2n3-c2cc(-c3ccc(C(F)(F)F)c(-n4c5ccccc5c5cc(-c6ccc(C#N)cc6)ccc54)c3)ccc2C(F)(F)F)cc1. The summed E-state index contributed by atoms with van der Waals surface area (Å²) in [5.41, 5.74) is 4.72. The minimum absolute atomic E-state index is 0.177. The molecule has 0 radical (unpaired) electrons. The van der Waals surface area contributed by atoms with Gasteiger partial charge in [0.2, 0.25) is 0 Å². The lowest BCUT2D eigenvalue weighted by molar-refractivity contribution is -0.138. The van der Waals surface area contributed by atoms with Crippen molar-refractivity contribution in [2.45, 2.75) is 12.4 Å². The van der Waals surface area contributed by atoms with E-state index in [2.05, 4.69) is 10.9 Å². The topological polar surface area (TPSA) is 38.0 Å². The largest absolute Gasteiger partial charge is 0.418 e. The minimum atomic E-state index is -4.78. The quantitative estimate of drug-likeness (QED) is 0.126. The van der Waals surface area contributed by atoms with Crippen LogP contribution in [-0.2, 0) is 12.4 Å². The molecule has 0 atom stereocenters. The third-order valence-corrected chi connectivity index (χ3v) is 11.4. The molecule has 0 unspecified atom stereocenters. The summed E-state index contributed by atoms with van der Waals surface area (Å²) in [6.45, 7) is 7.30. The Hall–Kier alpha value is -8.08. The Labute approximate surface area is 350 Å². The van der Waals surface area contributed by atoms with Crippen molar-refractivity contribution in [3.8, 4) is 50.8 Å². The fourth-order valence-corrected chi connectivity index (χ4v) is 8.56. The van der Waals surface area contributed by atoms with Gasteiger partial charge in [-0.05, 0) is 106 Å². The van der Waals surface area contributed by atoms with E-state index < -0.39 is 23.5 Å². The van der Waals surface area contributed by atoms with Crippen molar-refractivity contribution in [3.63, 3.8) is 0 Å². The highest BCUT2D eigenvalue weighted by Gasteiger charge is 2.37. The Morgan fingerprint density at radius 3 is 1.21 bits per heavy atom. The summed E-state index contributed by atoms with van der Waals surface area (Å²) in [4.78, 5) is 3.46. The smallest absolute Gasteiger partial charge is 0.309 e. The molecule has 0 spiro atoms. The summed E-state index contributed by atoms with van der Waals surface area (Å²) >= 11 is 0. The normalized spacial score (nSPS) is 12.0. The zero-order valence-corrected chi connectivity index (χ0v) is 32.2. The average Bonchev–Trinajstić information content (AvgIpc) is 3.80. The van der Waals surface area contributed by atoms with Crippen molar-refractivity contribution in [1.29, 1.82) is 5.26 Å². The molecule has 2 heterocycles. The van der Waals surface area contributed by atoms with Crippen LogP contribution in [0.4, 0.5) is 32.0 Å². The molecule has 0 amide bonds. The van der Waals surface area contributed by atoms with Crippen molar-refractivity contribution in [3.05, 3.63) is 198 Å². The van der Waals surface area contributed by atoms with Gasteiger partial charge in [-0.1, -0.05) is 97.1 Å². The van der Waals surface area contributed by atoms with Crippen molar-refractivity contribution in [2.24, 2.45) is 0 Å². The predicted octanol–water partition coefficient (Wildman–Crippen LogP) is 15.3.